The molecule has 1 saturated heterocycles. The molecule has 1 aliphatic rings. The number of likely N-dealkylation sites (tertiary alicyclic amines) is 1. The summed E-state index contributed by atoms with van der Waals surface area (Å²) in [4.78, 5) is 13.2. The maximum atomic E-state index is 4.91. The van der Waals surface area contributed by atoms with Gasteiger partial charge in [-0.25, -0.2) is 4.98 Å². The fourth-order valence-electron chi connectivity index (χ4n) is 3.58. The molecule has 0 amide bonds. The summed E-state index contributed by atoms with van der Waals surface area (Å²) in [5.74, 6) is 1.86. The molecular weight excluding hydrogens is 507 g/mol. The van der Waals surface area contributed by atoms with Crippen molar-refractivity contribution < 1.29 is 0 Å². The van der Waals surface area contributed by atoms with E-state index in [9.17, 15) is 0 Å². The van der Waals surface area contributed by atoms with Gasteiger partial charge in [0.2, 0.25) is 0 Å². The zero-order chi connectivity index (χ0) is 20.2. The Bertz CT molecular complexity index is 704. The van der Waals surface area contributed by atoms with Crippen molar-refractivity contribution in [2.75, 3.05) is 44.6 Å². The number of unbranched alkanes of at least 4 members (excludes halogenated alkanes) is 1. The van der Waals surface area contributed by atoms with Gasteiger partial charge in [0.05, 0.1) is 12.6 Å². The van der Waals surface area contributed by atoms with Gasteiger partial charge in [-0.15, -0.1) is 35.3 Å². The van der Waals surface area contributed by atoms with Gasteiger partial charge >= 0.3 is 0 Å². The van der Waals surface area contributed by atoms with E-state index >= 15 is 0 Å². The lowest BCUT2D eigenvalue weighted by Gasteiger charge is -2.25. The van der Waals surface area contributed by atoms with Crippen LogP contribution in [0.2, 0.25) is 0 Å². The number of hydrogen-bond acceptors (Lipinski definition) is 5. The van der Waals surface area contributed by atoms with E-state index in [1.807, 2.05) is 35.7 Å². The summed E-state index contributed by atoms with van der Waals surface area (Å²) in [6.07, 6.45) is 6.60. The van der Waals surface area contributed by atoms with Crippen molar-refractivity contribution in [3.63, 3.8) is 0 Å². The van der Waals surface area contributed by atoms with Crippen LogP contribution in [0.25, 0.3) is 0 Å². The fourth-order valence-corrected chi connectivity index (χ4v) is 4.43. The number of nitrogens with zero attached hydrogens (tertiary/aromatic N) is 3. The maximum Gasteiger partial charge on any atom is 0.191 e. The summed E-state index contributed by atoms with van der Waals surface area (Å²) >= 11 is 1.84. The second-order valence-corrected chi connectivity index (χ2v) is 8.25. The van der Waals surface area contributed by atoms with E-state index in [4.69, 9.17) is 4.99 Å². The molecule has 3 rings (SSSR count). The second kappa shape index (κ2) is 14.6. The smallest absolute Gasteiger partial charge is 0.191 e. The molecule has 1 atom stereocenters. The van der Waals surface area contributed by atoms with Crippen LogP contribution >= 0.6 is 35.3 Å². The van der Waals surface area contributed by atoms with Gasteiger partial charge in [0.15, 0.2) is 5.96 Å². The van der Waals surface area contributed by atoms with Gasteiger partial charge in [0, 0.05) is 30.7 Å². The van der Waals surface area contributed by atoms with E-state index in [-0.39, 0.29) is 24.0 Å². The van der Waals surface area contributed by atoms with E-state index < -0.39 is 0 Å². The van der Waals surface area contributed by atoms with Crippen molar-refractivity contribution >= 4 is 47.1 Å². The predicted octanol–water partition coefficient (Wildman–Crippen LogP) is 4.35. The molecule has 166 valence electrons. The fraction of sp³-hybridized carbons (Fsp3) is 0.545. The predicted molar refractivity (Wildman–Crippen MR) is 139 cm³/mol. The zero-order valence-corrected chi connectivity index (χ0v) is 21.0. The van der Waals surface area contributed by atoms with E-state index in [1.165, 1.54) is 30.8 Å². The minimum Gasteiger partial charge on any atom is -0.370 e. The molecule has 0 aromatic carbocycles. The Morgan fingerprint density at radius 2 is 1.97 bits per heavy atom. The summed E-state index contributed by atoms with van der Waals surface area (Å²) in [6.45, 7) is 8.02. The molecule has 2 aromatic rings. The van der Waals surface area contributed by atoms with Crippen molar-refractivity contribution in [2.45, 2.75) is 38.6 Å². The van der Waals surface area contributed by atoms with E-state index in [0.717, 1.165) is 50.8 Å². The van der Waals surface area contributed by atoms with Crippen LogP contribution in [0.4, 0.5) is 5.82 Å². The molecular formula is C22H35IN6S. The third-order valence-electron chi connectivity index (χ3n) is 5.09. The Morgan fingerprint density at radius 3 is 2.67 bits per heavy atom. The SMILES string of the molecule is CCNC(=NCC(c1cccs1)N1CCCC1)NCCCCNc1ccccn1.I. The highest BCUT2D eigenvalue weighted by atomic mass is 127. The van der Waals surface area contributed by atoms with Crippen LogP contribution < -0.4 is 16.0 Å². The zero-order valence-electron chi connectivity index (χ0n) is 17.8. The van der Waals surface area contributed by atoms with Gasteiger partial charge in [-0.05, 0) is 69.3 Å². The highest BCUT2D eigenvalue weighted by molar-refractivity contribution is 14.0. The molecule has 30 heavy (non-hydrogen) atoms. The van der Waals surface area contributed by atoms with Crippen LogP contribution in [-0.2, 0) is 0 Å². The number of aliphatic imine (C=N–C) groups is 1. The molecule has 0 spiro atoms. The quantitative estimate of drug-likeness (QED) is 0.171. The lowest BCUT2D eigenvalue weighted by atomic mass is 10.2. The normalized spacial score (nSPS) is 15.4. The summed E-state index contributed by atoms with van der Waals surface area (Å²) in [6, 6.07) is 10.7. The van der Waals surface area contributed by atoms with Crippen LogP contribution in [-0.4, -0.2) is 55.1 Å². The van der Waals surface area contributed by atoms with Crippen molar-refractivity contribution in [3.8, 4) is 0 Å². The Labute approximate surface area is 202 Å². The third-order valence-corrected chi connectivity index (χ3v) is 6.06. The number of rotatable bonds is 11. The molecule has 6 nitrogen and oxygen atoms in total. The molecule has 2 aromatic heterocycles. The summed E-state index contributed by atoms with van der Waals surface area (Å²) in [7, 11) is 0. The molecule has 8 heteroatoms. The number of pyridine rings is 1. The van der Waals surface area contributed by atoms with Gasteiger partial charge in [0.1, 0.15) is 5.82 Å². The van der Waals surface area contributed by atoms with Gasteiger partial charge in [-0.2, -0.15) is 0 Å². The molecule has 3 N–H and O–H groups in total. The minimum atomic E-state index is 0. The molecule has 3 heterocycles. The van der Waals surface area contributed by atoms with Gasteiger partial charge in [0.25, 0.3) is 0 Å². The molecule has 0 aliphatic carbocycles. The van der Waals surface area contributed by atoms with E-state index in [1.54, 1.807) is 0 Å². The minimum absolute atomic E-state index is 0. The lowest BCUT2D eigenvalue weighted by Crippen LogP contribution is -2.39. The molecule has 1 fully saturated rings. The van der Waals surface area contributed by atoms with Crippen LogP contribution in [0.3, 0.4) is 0 Å². The Balaban J connectivity index is 0.00000320. The van der Waals surface area contributed by atoms with Gasteiger partial charge in [-0.3, -0.25) is 9.89 Å². The summed E-state index contributed by atoms with van der Waals surface area (Å²) < 4.78 is 0. The number of anilines is 1. The standard InChI is InChI=1S/C22H34N6S.HI/c1-2-23-22(26-14-6-5-13-25-21-11-3-4-12-24-21)27-18-19(20-10-9-17-29-20)28-15-7-8-16-28;/h3-4,9-12,17,19H,2,5-8,13-16,18H2,1H3,(H,24,25)(H2,23,26,27);1H. The molecule has 1 unspecified atom stereocenters. The van der Waals surface area contributed by atoms with Crippen LogP contribution in [0.1, 0.15) is 43.5 Å². The van der Waals surface area contributed by atoms with Crippen molar-refractivity contribution in [3.05, 3.63) is 46.8 Å². The third kappa shape index (κ3) is 8.39. The second-order valence-electron chi connectivity index (χ2n) is 7.27. The topological polar surface area (TPSA) is 64.6 Å². The Morgan fingerprint density at radius 1 is 1.13 bits per heavy atom. The first-order chi connectivity index (χ1) is 14.4. The molecule has 0 saturated carbocycles. The Hall–Kier alpha value is -1.39. The van der Waals surface area contributed by atoms with Crippen LogP contribution in [0.5, 0.6) is 0 Å². The highest BCUT2D eigenvalue weighted by Gasteiger charge is 2.24. The average Bonchev–Trinajstić information content (AvgIpc) is 3.46. The van der Waals surface area contributed by atoms with Crippen LogP contribution in [0.15, 0.2) is 46.9 Å². The first kappa shape index (κ1) is 24.9. The van der Waals surface area contributed by atoms with Gasteiger partial charge < -0.3 is 16.0 Å². The monoisotopic (exact) mass is 542 g/mol. The van der Waals surface area contributed by atoms with Gasteiger partial charge in [-0.1, -0.05) is 12.1 Å². The lowest BCUT2D eigenvalue weighted by molar-refractivity contribution is 0.255. The van der Waals surface area contributed by atoms with Crippen LogP contribution in [0, 0.1) is 0 Å². The summed E-state index contributed by atoms with van der Waals surface area (Å²) in [5.41, 5.74) is 0. The first-order valence-corrected chi connectivity index (χ1v) is 11.7. The highest BCUT2D eigenvalue weighted by Crippen LogP contribution is 2.28. The average molecular weight is 543 g/mol. The number of guanidine groups is 1. The summed E-state index contributed by atoms with van der Waals surface area (Å²) in [5, 5.41) is 12.4. The molecule has 1 aliphatic heterocycles. The number of hydrogen-bond donors (Lipinski definition) is 3. The number of nitrogens with one attached hydrogen (secondary N) is 3. The van der Waals surface area contributed by atoms with Crippen molar-refractivity contribution in [1.29, 1.82) is 0 Å². The molecule has 0 radical (unpaired) electrons. The maximum absolute atomic E-state index is 4.91. The van der Waals surface area contributed by atoms with Crippen molar-refractivity contribution in [2.24, 2.45) is 4.99 Å². The van der Waals surface area contributed by atoms with E-state index in [2.05, 4.69) is 50.3 Å². The number of aromatic nitrogens is 1. The Kier molecular flexibility index (Phi) is 12.1. The first-order valence-electron chi connectivity index (χ1n) is 10.8. The van der Waals surface area contributed by atoms with E-state index in [0.29, 0.717) is 6.04 Å². The number of halogens is 1. The number of thiophene rings is 1. The van der Waals surface area contributed by atoms with Crippen molar-refractivity contribution in [1.82, 2.24) is 20.5 Å². The largest absolute Gasteiger partial charge is 0.370 e. The molecule has 0 bridgehead atoms.